The Labute approximate surface area is 132 Å². The van der Waals surface area contributed by atoms with E-state index in [-0.39, 0.29) is 5.91 Å². The number of hydrogen-bond acceptors (Lipinski definition) is 4. The Bertz CT molecular complexity index is 527. The largest absolute Gasteiger partial charge is 0.492 e. The van der Waals surface area contributed by atoms with Crippen LogP contribution < -0.4 is 10.1 Å². The van der Waals surface area contributed by atoms with Crippen LogP contribution in [0.4, 0.5) is 0 Å². The average Bonchev–Trinajstić information content (AvgIpc) is 3.05. The van der Waals surface area contributed by atoms with Crippen molar-refractivity contribution in [2.24, 2.45) is 5.92 Å². The summed E-state index contributed by atoms with van der Waals surface area (Å²) in [6, 6.07) is 1.87. The molecule has 2 aliphatic rings. The summed E-state index contributed by atoms with van der Waals surface area (Å²) in [6.07, 6.45) is 6.26. The van der Waals surface area contributed by atoms with Crippen LogP contribution in [-0.4, -0.2) is 48.6 Å². The zero-order valence-electron chi connectivity index (χ0n) is 13.3. The second-order valence-electron chi connectivity index (χ2n) is 6.45. The molecule has 0 aliphatic carbocycles. The number of amides is 1. The zero-order chi connectivity index (χ0) is 15.4. The molecule has 1 unspecified atom stereocenters. The number of hydrogen-bond donors (Lipinski definition) is 1. The molecule has 0 saturated carbocycles. The first-order chi connectivity index (χ1) is 10.7. The molecule has 0 aromatic carbocycles. The smallest absolute Gasteiger partial charge is 0.269 e. The number of aryl methyl sites for hydroxylation is 1. The minimum atomic E-state index is -0.0818. The van der Waals surface area contributed by atoms with Crippen LogP contribution in [0.2, 0.25) is 0 Å². The van der Waals surface area contributed by atoms with Gasteiger partial charge in [0.25, 0.3) is 5.91 Å². The summed E-state index contributed by atoms with van der Waals surface area (Å²) >= 11 is 0. The molecule has 1 amide bonds. The SMILES string of the molecule is CC(CNC(=O)c1cc2c(cn1)OCCC2)CN1CCCC1. The predicted octanol–water partition coefficient (Wildman–Crippen LogP) is 1.87. The first kappa shape index (κ1) is 15.3. The summed E-state index contributed by atoms with van der Waals surface area (Å²) in [5.74, 6) is 1.20. The Hall–Kier alpha value is -1.62. The summed E-state index contributed by atoms with van der Waals surface area (Å²) in [6.45, 7) is 7.09. The number of carbonyl (C=O) groups excluding carboxylic acids is 1. The van der Waals surface area contributed by atoms with Crippen LogP contribution in [0.15, 0.2) is 12.3 Å². The second-order valence-corrected chi connectivity index (χ2v) is 6.45. The summed E-state index contributed by atoms with van der Waals surface area (Å²) in [7, 11) is 0. The van der Waals surface area contributed by atoms with Gasteiger partial charge < -0.3 is 15.0 Å². The highest BCUT2D eigenvalue weighted by Gasteiger charge is 2.17. The first-order valence-electron chi connectivity index (χ1n) is 8.34. The molecule has 1 aromatic heterocycles. The number of ether oxygens (including phenoxy) is 1. The first-order valence-corrected chi connectivity index (χ1v) is 8.34. The van der Waals surface area contributed by atoms with Gasteiger partial charge in [0.15, 0.2) is 0 Å². The molecule has 5 nitrogen and oxygen atoms in total. The quantitative estimate of drug-likeness (QED) is 0.902. The summed E-state index contributed by atoms with van der Waals surface area (Å²) in [5.41, 5.74) is 1.59. The van der Waals surface area contributed by atoms with Crippen LogP contribution in [0.1, 0.15) is 42.2 Å². The third-order valence-electron chi connectivity index (χ3n) is 4.41. The molecule has 1 atom stereocenters. The van der Waals surface area contributed by atoms with Gasteiger partial charge in [-0.05, 0) is 56.3 Å². The van der Waals surface area contributed by atoms with Gasteiger partial charge in [0.1, 0.15) is 11.4 Å². The minimum Gasteiger partial charge on any atom is -0.492 e. The molecular weight excluding hydrogens is 278 g/mol. The van der Waals surface area contributed by atoms with Crippen molar-refractivity contribution in [1.29, 1.82) is 0 Å². The van der Waals surface area contributed by atoms with Crippen molar-refractivity contribution < 1.29 is 9.53 Å². The van der Waals surface area contributed by atoms with E-state index in [0.717, 1.165) is 37.3 Å². The molecule has 1 N–H and O–H groups in total. The van der Waals surface area contributed by atoms with Crippen molar-refractivity contribution in [2.45, 2.75) is 32.6 Å². The Kier molecular flexibility index (Phi) is 4.93. The Morgan fingerprint density at radius 2 is 2.23 bits per heavy atom. The molecule has 1 fully saturated rings. The molecule has 5 heteroatoms. The van der Waals surface area contributed by atoms with Crippen LogP contribution in [0.25, 0.3) is 0 Å². The third kappa shape index (κ3) is 3.77. The van der Waals surface area contributed by atoms with Gasteiger partial charge in [-0.1, -0.05) is 6.92 Å². The van der Waals surface area contributed by atoms with Crippen LogP contribution in [-0.2, 0) is 6.42 Å². The van der Waals surface area contributed by atoms with Crippen molar-refractivity contribution in [1.82, 2.24) is 15.2 Å². The molecule has 2 aliphatic heterocycles. The van der Waals surface area contributed by atoms with Gasteiger partial charge in [-0.15, -0.1) is 0 Å². The number of nitrogens with zero attached hydrogens (tertiary/aromatic N) is 2. The van der Waals surface area contributed by atoms with Crippen LogP contribution >= 0.6 is 0 Å². The normalized spacial score (nSPS) is 19.3. The lowest BCUT2D eigenvalue weighted by atomic mass is 10.1. The van der Waals surface area contributed by atoms with Gasteiger partial charge in [-0.25, -0.2) is 4.98 Å². The summed E-state index contributed by atoms with van der Waals surface area (Å²) < 4.78 is 5.53. The van der Waals surface area contributed by atoms with Crippen molar-refractivity contribution in [3.63, 3.8) is 0 Å². The lowest BCUT2D eigenvalue weighted by molar-refractivity contribution is 0.0939. The molecule has 3 rings (SSSR count). The number of nitrogens with one attached hydrogen (secondary N) is 1. The number of aromatic nitrogens is 1. The topological polar surface area (TPSA) is 54.5 Å². The maximum Gasteiger partial charge on any atom is 0.269 e. The fourth-order valence-electron chi connectivity index (χ4n) is 3.21. The zero-order valence-corrected chi connectivity index (χ0v) is 13.3. The minimum absolute atomic E-state index is 0.0818. The average molecular weight is 303 g/mol. The van der Waals surface area contributed by atoms with E-state index in [2.05, 4.69) is 22.1 Å². The Balaban J connectivity index is 1.51. The molecule has 0 bridgehead atoms. The molecule has 22 heavy (non-hydrogen) atoms. The second kappa shape index (κ2) is 7.09. The van der Waals surface area contributed by atoms with Gasteiger partial charge in [-0.2, -0.15) is 0 Å². The fourth-order valence-corrected chi connectivity index (χ4v) is 3.21. The van der Waals surface area contributed by atoms with Crippen molar-refractivity contribution in [3.8, 4) is 5.75 Å². The van der Waals surface area contributed by atoms with E-state index < -0.39 is 0 Å². The van der Waals surface area contributed by atoms with E-state index >= 15 is 0 Å². The van der Waals surface area contributed by atoms with Crippen LogP contribution in [0.5, 0.6) is 5.75 Å². The number of rotatable bonds is 5. The number of pyridine rings is 1. The molecule has 1 saturated heterocycles. The van der Waals surface area contributed by atoms with Gasteiger partial charge in [0.2, 0.25) is 0 Å². The van der Waals surface area contributed by atoms with E-state index in [9.17, 15) is 4.79 Å². The van der Waals surface area contributed by atoms with Crippen LogP contribution in [0, 0.1) is 5.92 Å². The summed E-state index contributed by atoms with van der Waals surface area (Å²) in [5, 5.41) is 3.01. The van der Waals surface area contributed by atoms with Gasteiger partial charge >= 0.3 is 0 Å². The predicted molar refractivity (Wildman–Crippen MR) is 85.2 cm³/mol. The van der Waals surface area contributed by atoms with E-state index in [1.165, 1.54) is 25.9 Å². The van der Waals surface area contributed by atoms with E-state index in [1.54, 1.807) is 6.20 Å². The summed E-state index contributed by atoms with van der Waals surface area (Å²) in [4.78, 5) is 18.9. The van der Waals surface area contributed by atoms with E-state index in [4.69, 9.17) is 4.74 Å². The monoisotopic (exact) mass is 303 g/mol. The molecule has 1 aromatic rings. The highest BCUT2D eigenvalue weighted by molar-refractivity contribution is 5.92. The van der Waals surface area contributed by atoms with Gasteiger partial charge in [-0.3, -0.25) is 4.79 Å². The van der Waals surface area contributed by atoms with Crippen LogP contribution in [0.3, 0.4) is 0 Å². The lowest BCUT2D eigenvalue weighted by Gasteiger charge is -2.20. The number of carbonyl (C=O) groups is 1. The molecule has 120 valence electrons. The Morgan fingerprint density at radius 1 is 1.41 bits per heavy atom. The van der Waals surface area contributed by atoms with Crippen molar-refractivity contribution >= 4 is 5.91 Å². The molecule has 0 spiro atoms. The third-order valence-corrected chi connectivity index (χ3v) is 4.41. The lowest BCUT2D eigenvalue weighted by Crippen LogP contribution is -2.34. The maximum absolute atomic E-state index is 12.2. The van der Waals surface area contributed by atoms with Crippen molar-refractivity contribution in [3.05, 3.63) is 23.5 Å². The van der Waals surface area contributed by atoms with Crippen molar-refractivity contribution in [2.75, 3.05) is 32.8 Å². The molecule has 3 heterocycles. The fraction of sp³-hybridized carbons (Fsp3) is 0.647. The van der Waals surface area contributed by atoms with Gasteiger partial charge in [0, 0.05) is 13.1 Å². The van der Waals surface area contributed by atoms with E-state index in [0.29, 0.717) is 18.2 Å². The van der Waals surface area contributed by atoms with E-state index in [1.807, 2.05) is 6.07 Å². The highest BCUT2D eigenvalue weighted by atomic mass is 16.5. The molecular formula is C17H25N3O2. The molecule has 0 radical (unpaired) electrons. The van der Waals surface area contributed by atoms with Gasteiger partial charge in [0.05, 0.1) is 12.8 Å². The number of fused-ring (bicyclic) bond motifs is 1. The highest BCUT2D eigenvalue weighted by Crippen LogP contribution is 2.23. The standard InChI is InChI=1S/C17H25N3O2/c1-13(12-20-6-2-3-7-20)10-19-17(21)15-9-14-5-4-8-22-16(14)11-18-15/h9,11,13H,2-8,10,12H2,1H3,(H,19,21). The Morgan fingerprint density at radius 3 is 3.05 bits per heavy atom. The maximum atomic E-state index is 12.2. The number of likely N-dealkylation sites (tertiary alicyclic amines) is 1.